The van der Waals surface area contributed by atoms with Crippen LogP contribution in [-0.2, 0) is 0 Å². The highest BCUT2D eigenvalue weighted by atomic mass is 19.2. The molecule has 0 spiro atoms. The second-order valence-corrected chi connectivity index (χ2v) is 5.21. The first kappa shape index (κ1) is 14.2. The maximum Gasteiger partial charge on any atom is 0.182 e. The van der Waals surface area contributed by atoms with Crippen LogP contribution in [0.25, 0.3) is 0 Å². The number of halogens is 2. The molecule has 3 nitrogen and oxygen atoms in total. The summed E-state index contributed by atoms with van der Waals surface area (Å²) in [6, 6.07) is 3.99. The molecule has 1 fully saturated rings. The Morgan fingerprint density at radius 2 is 2.16 bits per heavy atom. The Labute approximate surface area is 112 Å². The molecule has 1 saturated heterocycles. The van der Waals surface area contributed by atoms with E-state index in [1.54, 1.807) is 11.0 Å². The van der Waals surface area contributed by atoms with Crippen LogP contribution in [0.5, 0.6) is 0 Å². The van der Waals surface area contributed by atoms with Gasteiger partial charge in [0.25, 0.3) is 0 Å². The standard InChI is InChI=1S/C14H20F2N2O/c1-2-13(19)9-6-10(17)8-18(7-9)12-5-3-4-11(15)14(12)16/h3-5,9-10,13,19H,2,6-8,17H2,1H3. The van der Waals surface area contributed by atoms with E-state index in [9.17, 15) is 13.9 Å². The first-order valence-electron chi connectivity index (χ1n) is 6.65. The molecule has 0 aromatic heterocycles. The third-order valence-corrected chi connectivity index (χ3v) is 3.75. The zero-order chi connectivity index (χ0) is 14.0. The first-order chi connectivity index (χ1) is 9.02. The molecular weight excluding hydrogens is 250 g/mol. The fourth-order valence-corrected chi connectivity index (χ4v) is 2.72. The van der Waals surface area contributed by atoms with Crippen LogP contribution in [0.4, 0.5) is 14.5 Å². The Balaban J connectivity index is 2.21. The summed E-state index contributed by atoms with van der Waals surface area (Å²) in [5.74, 6) is -1.71. The number of aliphatic hydroxyl groups is 1. The van der Waals surface area contributed by atoms with Crippen LogP contribution >= 0.6 is 0 Å². The highest BCUT2D eigenvalue weighted by Gasteiger charge is 2.30. The van der Waals surface area contributed by atoms with E-state index in [1.807, 2.05) is 6.92 Å². The van der Waals surface area contributed by atoms with Gasteiger partial charge in [-0.1, -0.05) is 13.0 Å². The van der Waals surface area contributed by atoms with E-state index < -0.39 is 17.7 Å². The number of anilines is 1. The van der Waals surface area contributed by atoms with Crippen LogP contribution in [0.1, 0.15) is 19.8 Å². The predicted molar refractivity (Wildman–Crippen MR) is 71.0 cm³/mol. The monoisotopic (exact) mass is 270 g/mol. The van der Waals surface area contributed by atoms with Crippen molar-refractivity contribution >= 4 is 5.69 Å². The summed E-state index contributed by atoms with van der Waals surface area (Å²) in [5.41, 5.74) is 6.19. The van der Waals surface area contributed by atoms with Gasteiger partial charge in [-0.3, -0.25) is 0 Å². The molecule has 2 rings (SSSR count). The smallest absolute Gasteiger partial charge is 0.182 e. The van der Waals surface area contributed by atoms with Gasteiger partial charge in [-0.25, -0.2) is 8.78 Å². The molecule has 1 aromatic carbocycles. The Hall–Kier alpha value is -1.20. The third kappa shape index (κ3) is 3.04. The minimum Gasteiger partial charge on any atom is -0.393 e. The van der Waals surface area contributed by atoms with Crippen molar-refractivity contribution in [2.24, 2.45) is 11.7 Å². The normalized spacial score (nSPS) is 25.4. The molecule has 3 unspecified atom stereocenters. The van der Waals surface area contributed by atoms with E-state index in [4.69, 9.17) is 5.73 Å². The molecule has 19 heavy (non-hydrogen) atoms. The highest BCUT2D eigenvalue weighted by molar-refractivity contribution is 5.49. The Morgan fingerprint density at radius 1 is 1.42 bits per heavy atom. The van der Waals surface area contributed by atoms with Crippen LogP contribution < -0.4 is 10.6 Å². The molecule has 0 radical (unpaired) electrons. The number of benzene rings is 1. The molecule has 5 heteroatoms. The largest absolute Gasteiger partial charge is 0.393 e. The molecule has 0 aliphatic carbocycles. The molecule has 106 valence electrons. The van der Waals surface area contributed by atoms with Crippen molar-refractivity contribution in [3.8, 4) is 0 Å². The fourth-order valence-electron chi connectivity index (χ4n) is 2.72. The van der Waals surface area contributed by atoms with Gasteiger partial charge >= 0.3 is 0 Å². The second-order valence-electron chi connectivity index (χ2n) is 5.21. The summed E-state index contributed by atoms with van der Waals surface area (Å²) in [7, 11) is 0. The lowest BCUT2D eigenvalue weighted by Gasteiger charge is -2.39. The summed E-state index contributed by atoms with van der Waals surface area (Å²) in [6.45, 7) is 2.88. The van der Waals surface area contributed by atoms with Crippen LogP contribution in [0.2, 0.25) is 0 Å². The van der Waals surface area contributed by atoms with E-state index in [1.165, 1.54) is 6.07 Å². The molecule has 3 N–H and O–H groups in total. The Kier molecular flexibility index (Phi) is 4.37. The summed E-state index contributed by atoms with van der Waals surface area (Å²) in [4.78, 5) is 1.73. The van der Waals surface area contributed by atoms with Gasteiger partial charge < -0.3 is 15.7 Å². The highest BCUT2D eigenvalue weighted by Crippen LogP contribution is 2.28. The van der Waals surface area contributed by atoms with Gasteiger partial charge in [0.05, 0.1) is 11.8 Å². The van der Waals surface area contributed by atoms with Gasteiger partial charge in [0, 0.05) is 25.0 Å². The van der Waals surface area contributed by atoms with Crippen molar-refractivity contribution < 1.29 is 13.9 Å². The molecule has 3 atom stereocenters. The minimum atomic E-state index is -0.857. The van der Waals surface area contributed by atoms with Gasteiger partial charge in [-0.2, -0.15) is 0 Å². The first-order valence-corrected chi connectivity index (χ1v) is 6.65. The lowest BCUT2D eigenvalue weighted by molar-refractivity contribution is 0.0900. The van der Waals surface area contributed by atoms with Crippen molar-refractivity contribution in [3.63, 3.8) is 0 Å². The molecule has 1 aliphatic rings. The number of aliphatic hydroxyl groups excluding tert-OH is 1. The maximum atomic E-state index is 13.8. The lowest BCUT2D eigenvalue weighted by Crippen LogP contribution is -2.50. The summed E-state index contributed by atoms with van der Waals surface area (Å²) >= 11 is 0. The van der Waals surface area contributed by atoms with Crippen LogP contribution in [0.3, 0.4) is 0 Å². The Bertz CT molecular complexity index is 441. The number of nitrogens with two attached hydrogens (primary N) is 1. The second kappa shape index (κ2) is 5.84. The fraction of sp³-hybridized carbons (Fsp3) is 0.571. The van der Waals surface area contributed by atoms with E-state index >= 15 is 0 Å². The third-order valence-electron chi connectivity index (χ3n) is 3.75. The summed E-state index contributed by atoms with van der Waals surface area (Å²) < 4.78 is 27.1. The molecular formula is C14H20F2N2O. The van der Waals surface area contributed by atoms with E-state index in [-0.39, 0.29) is 17.6 Å². The quantitative estimate of drug-likeness (QED) is 0.882. The van der Waals surface area contributed by atoms with Crippen molar-refractivity contribution in [2.45, 2.75) is 31.9 Å². The molecule has 0 amide bonds. The van der Waals surface area contributed by atoms with E-state index in [0.717, 1.165) is 6.07 Å². The van der Waals surface area contributed by atoms with Crippen molar-refractivity contribution in [3.05, 3.63) is 29.8 Å². The number of rotatable bonds is 3. The summed E-state index contributed by atoms with van der Waals surface area (Å²) in [6.07, 6.45) is 0.893. The van der Waals surface area contributed by atoms with Crippen molar-refractivity contribution in [1.29, 1.82) is 0 Å². The molecule has 1 aliphatic heterocycles. The van der Waals surface area contributed by atoms with Crippen LogP contribution in [-0.4, -0.2) is 30.3 Å². The van der Waals surface area contributed by atoms with Gasteiger partial charge in [-0.05, 0) is 25.0 Å². The van der Waals surface area contributed by atoms with Gasteiger partial charge in [0.1, 0.15) is 0 Å². The van der Waals surface area contributed by atoms with Crippen molar-refractivity contribution in [2.75, 3.05) is 18.0 Å². The van der Waals surface area contributed by atoms with Gasteiger partial charge in [0.15, 0.2) is 11.6 Å². The van der Waals surface area contributed by atoms with Gasteiger partial charge in [-0.15, -0.1) is 0 Å². The molecule has 1 aromatic rings. The van der Waals surface area contributed by atoms with Gasteiger partial charge in [0.2, 0.25) is 0 Å². The lowest BCUT2D eigenvalue weighted by atomic mass is 9.88. The average Bonchev–Trinajstić information content (AvgIpc) is 2.40. The van der Waals surface area contributed by atoms with E-state index in [2.05, 4.69) is 0 Å². The number of piperidine rings is 1. The molecule has 1 heterocycles. The maximum absolute atomic E-state index is 13.8. The predicted octanol–water partition coefficient (Wildman–Crippen LogP) is 1.89. The SMILES string of the molecule is CCC(O)C1CC(N)CN(c2cccc(F)c2F)C1. The summed E-state index contributed by atoms with van der Waals surface area (Å²) in [5, 5.41) is 9.94. The van der Waals surface area contributed by atoms with Crippen LogP contribution in [0, 0.1) is 17.6 Å². The molecule has 0 bridgehead atoms. The zero-order valence-corrected chi connectivity index (χ0v) is 11.0. The zero-order valence-electron chi connectivity index (χ0n) is 11.0. The van der Waals surface area contributed by atoms with E-state index in [0.29, 0.717) is 25.9 Å². The number of nitrogens with zero attached hydrogens (tertiary/aromatic N) is 1. The number of hydrogen-bond acceptors (Lipinski definition) is 3. The number of hydrogen-bond donors (Lipinski definition) is 2. The van der Waals surface area contributed by atoms with Crippen molar-refractivity contribution in [1.82, 2.24) is 0 Å². The Morgan fingerprint density at radius 3 is 2.84 bits per heavy atom. The molecule has 0 saturated carbocycles. The topological polar surface area (TPSA) is 49.5 Å². The van der Waals surface area contributed by atoms with Crippen LogP contribution in [0.15, 0.2) is 18.2 Å². The minimum absolute atomic E-state index is 0.00332. The average molecular weight is 270 g/mol.